The van der Waals surface area contributed by atoms with Crippen LogP contribution in [0.1, 0.15) is 26.0 Å². The SMILES string of the molecule is Cn1nc(Br)cc1C1(N)CC1(C)C. The first-order chi connectivity index (χ1) is 5.87. The predicted molar refractivity (Wildman–Crippen MR) is 55.2 cm³/mol. The van der Waals surface area contributed by atoms with Gasteiger partial charge in [0.15, 0.2) is 0 Å². The molecule has 1 unspecified atom stereocenters. The van der Waals surface area contributed by atoms with Crippen LogP contribution in [-0.2, 0) is 12.6 Å². The Morgan fingerprint density at radius 3 is 2.46 bits per heavy atom. The lowest BCUT2D eigenvalue weighted by atomic mass is 10.0. The Kier molecular flexibility index (Phi) is 1.67. The average molecular weight is 244 g/mol. The standard InChI is InChI=1S/C9H14BrN3/c1-8(2)5-9(8,11)6-4-7(10)12-13(6)3/h4H,5,11H2,1-3H3. The molecule has 1 aliphatic rings. The fourth-order valence-electron chi connectivity index (χ4n) is 1.94. The van der Waals surface area contributed by atoms with Gasteiger partial charge >= 0.3 is 0 Å². The summed E-state index contributed by atoms with van der Waals surface area (Å²) in [5.74, 6) is 0. The summed E-state index contributed by atoms with van der Waals surface area (Å²) < 4.78 is 2.72. The maximum absolute atomic E-state index is 6.28. The number of halogens is 1. The molecule has 0 saturated heterocycles. The van der Waals surface area contributed by atoms with E-state index in [0.29, 0.717) is 0 Å². The van der Waals surface area contributed by atoms with Crippen LogP contribution in [-0.4, -0.2) is 9.78 Å². The molecule has 1 heterocycles. The minimum absolute atomic E-state index is 0.180. The number of nitrogens with zero attached hydrogens (tertiary/aromatic N) is 2. The van der Waals surface area contributed by atoms with Gasteiger partial charge in [0.05, 0.1) is 11.2 Å². The largest absolute Gasteiger partial charge is 0.320 e. The van der Waals surface area contributed by atoms with Crippen LogP contribution in [0.2, 0.25) is 0 Å². The van der Waals surface area contributed by atoms with Gasteiger partial charge in [0.1, 0.15) is 4.60 Å². The Morgan fingerprint density at radius 2 is 2.15 bits per heavy atom. The summed E-state index contributed by atoms with van der Waals surface area (Å²) >= 11 is 3.35. The highest BCUT2D eigenvalue weighted by Crippen LogP contribution is 2.60. The average Bonchev–Trinajstić information content (AvgIpc) is 2.34. The number of aromatic nitrogens is 2. The third-order valence-corrected chi connectivity index (χ3v) is 3.50. The van der Waals surface area contributed by atoms with Crippen LogP contribution in [0, 0.1) is 5.41 Å². The molecule has 1 atom stereocenters. The zero-order valence-corrected chi connectivity index (χ0v) is 9.72. The molecule has 1 aromatic rings. The first-order valence-electron chi connectivity index (χ1n) is 4.36. The Bertz CT molecular complexity index is 356. The molecule has 0 radical (unpaired) electrons. The minimum atomic E-state index is -0.180. The Morgan fingerprint density at radius 1 is 1.62 bits per heavy atom. The van der Waals surface area contributed by atoms with Crippen molar-refractivity contribution < 1.29 is 0 Å². The van der Waals surface area contributed by atoms with Crippen molar-refractivity contribution in [2.45, 2.75) is 25.8 Å². The van der Waals surface area contributed by atoms with Crippen LogP contribution >= 0.6 is 15.9 Å². The zero-order valence-electron chi connectivity index (χ0n) is 8.13. The van der Waals surface area contributed by atoms with Gasteiger partial charge in [-0.1, -0.05) is 13.8 Å². The molecule has 0 aromatic carbocycles. The lowest BCUT2D eigenvalue weighted by molar-refractivity contribution is 0.478. The van der Waals surface area contributed by atoms with Crippen LogP contribution < -0.4 is 5.73 Å². The van der Waals surface area contributed by atoms with E-state index in [-0.39, 0.29) is 11.0 Å². The summed E-state index contributed by atoms with van der Waals surface area (Å²) in [5.41, 5.74) is 7.42. The fourth-order valence-corrected chi connectivity index (χ4v) is 2.39. The molecule has 1 fully saturated rings. The van der Waals surface area contributed by atoms with E-state index in [1.165, 1.54) is 0 Å². The lowest BCUT2D eigenvalue weighted by Gasteiger charge is -2.14. The molecule has 0 aliphatic heterocycles. The molecule has 13 heavy (non-hydrogen) atoms. The molecule has 3 nitrogen and oxygen atoms in total. The van der Waals surface area contributed by atoms with Crippen LogP contribution in [0.15, 0.2) is 10.7 Å². The summed E-state index contributed by atoms with van der Waals surface area (Å²) in [5, 5.41) is 4.24. The van der Waals surface area contributed by atoms with Crippen molar-refractivity contribution in [2.24, 2.45) is 18.2 Å². The van der Waals surface area contributed by atoms with Gasteiger partial charge < -0.3 is 5.73 Å². The minimum Gasteiger partial charge on any atom is -0.320 e. The Balaban J connectivity index is 2.43. The van der Waals surface area contributed by atoms with Crippen molar-refractivity contribution >= 4 is 15.9 Å². The van der Waals surface area contributed by atoms with E-state index < -0.39 is 0 Å². The van der Waals surface area contributed by atoms with Crippen molar-refractivity contribution in [1.29, 1.82) is 0 Å². The number of hydrogen-bond acceptors (Lipinski definition) is 2. The highest BCUT2D eigenvalue weighted by atomic mass is 79.9. The second kappa shape index (κ2) is 2.36. The summed E-state index contributed by atoms with van der Waals surface area (Å²) in [4.78, 5) is 0. The quantitative estimate of drug-likeness (QED) is 0.818. The van der Waals surface area contributed by atoms with Crippen molar-refractivity contribution in [3.8, 4) is 0 Å². The molecule has 0 bridgehead atoms. The summed E-state index contributed by atoms with van der Waals surface area (Å²) in [6.07, 6.45) is 1.03. The second-order valence-electron chi connectivity index (χ2n) is 4.51. The van der Waals surface area contributed by atoms with Gasteiger partial charge in [-0.15, -0.1) is 0 Å². The van der Waals surface area contributed by atoms with Crippen LogP contribution in [0.25, 0.3) is 0 Å². The van der Waals surface area contributed by atoms with Crippen molar-refractivity contribution in [3.05, 3.63) is 16.4 Å². The van der Waals surface area contributed by atoms with E-state index in [4.69, 9.17) is 5.73 Å². The topological polar surface area (TPSA) is 43.8 Å². The normalized spacial score (nSPS) is 30.5. The van der Waals surface area contributed by atoms with Gasteiger partial charge in [-0.05, 0) is 33.8 Å². The predicted octanol–water partition coefficient (Wildman–Crippen LogP) is 1.77. The van der Waals surface area contributed by atoms with Crippen molar-refractivity contribution in [1.82, 2.24) is 9.78 Å². The Labute approximate surface area is 86.4 Å². The molecule has 72 valence electrons. The summed E-state index contributed by atoms with van der Waals surface area (Å²) in [7, 11) is 1.93. The number of hydrogen-bond donors (Lipinski definition) is 1. The number of aryl methyl sites for hydroxylation is 1. The molecule has 2 N–H and O–H groups in total. The van der Waals surface area contributed by atoms with E-state index in [0.717, 1.165) is 16.7 Å². The smallest absolute Gasteiger partial charge is 0.128 e. The number of rotatable bonds is 1. The Hall–Kier alpha value is -0.350. The van der Waals surface area contributed by atoms with E-state index in [1.807, 2.05) is 17.8 Å². The van der Waals surface area contributed by atoms with E-state index in [2.05, 4.69) is 34.9 Å². The van der Waals surface area contributed by atoms with Crippen molar-refractivity contribution in [3.63, 3.8) is 0 Å². The van der Waals surface area contributed by atoms with E-state index in [1.54, 1.807) is 0 Å². The van der Waals surface area contributed by atoms with Crippen LogP contribution in [0.3, 0.4) is 0 Å². The van der Waals surface area contributed by atoms with Gasteiger partial charge in [-0.3, -0.25) is 4.68 Å². The summed E-state index contributed by atoms with van der Waals surface area (Å²) in [6.45, 7) is 4.38. The molecular weight excluding hydrogens is 230 g/mol. The van der Waals surface area contributed by atoms with Gasteiger partial charge in [-0.25, -0.2) is 0 Å². The van der Waals surface area contributed by atoms with Crippen molar-refractivity contribution in [2.75, 3.05) is 0 Å². The first-order valence-corrected chi connectivity index (χ1v) is 5.15. The van der Waals surface area contributed by atoms with Gasteiger partial charge in [-0.2, -0.15) is 5.10 Å². The third-order valence-electron chi connectivity index (χ3n) is 3.11. The maximum atomic E-state index is 6.28. The highest BCUT2D eigenvalue weighted by Gasteiger charge is 2.61. The van der Waals surface area contributed by atoms with Crippen LogP contribution in [0.5, 0.6) is 0 Å². The zero-order chi connectivity index (χ0) is 9.85. The monoisotopic (exact) mass is 243 g/mol. The molecule has 0 amide bonds. The molecule has 1 aromatic heterocycles. The van der Waals surface area contributed by atoms with E-state index >= 15 is 0 Å². The lowest BCUT2D eigenvalue weighted by Crippen LogP contribution is -2.28. The molecule has 2 rings (SSSR count). The molecular formula is C9H14BrN3. The first kappa shape index (κ1) is 9.21. The molecule has 0 spiro atoms. The summed E-state index contributed by atoms with van der Waals surface area (Å²) in [6, 6.07) is 2.01. The maximum Gasteiger partial charge on any atom is 0.128 e. The second-order valence-corrected chi connectivity index (χ2v) is 5.32. The molecule has 1 aliphatic carbocycles. The molecule has 4 heteroatoms. The highest BCUT2D eigenvalue weighted by molar-refractivity contribution is 9.10. The van der Waals surface area contributed by atoms with E-state index in [9.17, 15) is 0 Å². The van der Waals surface area contributed by atoms with Crippen LogP contribution in [0.4, 0.5) is 0 Å². The van der Waals surface area contributed by atoms with Gasteiger partial charge in [0.2, 0.25) is 0 Å². The van der Waals surface area contributed by atoms with Gasteiger partial charge in [0, 0.05) is 7.05 Å². The molecule has 1 saturated carbocycles. The number of nitrogens with two attached hydrogens (primary N) is 1. The van der Waals surface area contributed by atoms with Gasteiger partial charge in [0.25, 0.3) is 0 Å². The third kappa shape index (κ3) is 1.15. The fraction of sp³-hybridized carbons (Fsp3) is 0.667.